The van der Waals surface area contributed by atoms with Crippen LogP contribution in [0.25, 0.3) is 6.08 Å². The molecule has 4 aromatic rings. The van der Waals surface area contributed by atoms with E-state index in [9.17, 15) is 23.6 Å². The molecule has 0 bridgehead atoms. The van der Waals surface area contributed by atoms with Gasteiger partial charge in [-0.05, 0) is 91.7 Å². The molecule has 3 amide bonds. The molecule has 4 rings (SSSR count). The van der Waals surface area contributed by atoms with Crippen molar-refractivity contribution in [1.29, 1.82) is 0 Å². The molecule has 0 aliphatic carbocycles. The van der Waals surface area contributed by atoms with E-state index in [0.717, 1.165) is 4.90 Å². The number of nitrogens with one attached hydrogen (secondary N) is 3. The van der Waals surface area contributed by atoms with Crippen molar-refractivity contribution in [3.05, 3.63) is 131 Å². The van der Waals surface area contributed by atoms with Gasteiger partial charge in [0, 0.05) is 27.4 Å². The lowest BCUT2D eigenvalue weighted by molar-refractivity contribution is -0.116. The third-order valence-corrected chi connectivity index (χ3v) is 7.66. The average Bonchev–Trinajstić information content (AvgIpc) is 3.01. The van der Waals surface area contributed by atoms with Crippen molar-refractivity contribution in [2.24, 2.45) is 0 Å². The number of hydrogen-bond donors (Lipinski definition) is 3. The zero-order valence-corrected chi connectivity index (χ0v) is 24.4. The zero-order chi connectivity index (χ0) is 30.8. The van der Waals surface area contributed by atoms with Crippen LogP contribution in [0.3, 0.4) is 0 Å². The summed E-state index contributed by atoms with van der Waals surface area (Å²) in [6, 6.07) is 27.8. The second-order valence-electron chi connectivity index (χ2n) is 9.55. The molecule has 43 heavy (non-hydrogen) atoms. The predicted molar refractivity (Wildman–Crippen MR) is 168 cm³/mol. The first-order chi connectivity index (χ1) is 20.7. The first kappa shape index (κ1) is 30.9. The van der Waals surface area contributed by atoms with Crippen molar-refractivity contribution in [2.75, 3.05) is 10.6 Å². The maximum Gasteiger partial charge on any atom is 0.272 e. The molecular weight excluding hydrogens is 565 g/mol. The molecule has 4 aromatic carbocycles. The monoisotopic (exact) mass is 595 g/mol. The summed E-state index contributed by atoms with van der Waals surface area (Å²) in [7, 11) is 0. The Balaban J connectivity index is 1.47. The van der Waals surface area contributed by atoms with Crippen LogP contribution in [0, 0.1) is 5.82 Å². The normalized spacial score (nSPS) is 11.7. The zero-order valence-electron chi connectivity index (χ0n) is 23.6. The minimum absolute atomic E-state index is 0.0277. The van der Waals surface area contributed by atoms with Gasteiger partial charge in [-0.1, -0.05) is 43.3 Å². The standard InChI is InChI=1S/C34H30FN3O4S/c1-3-31(34(42)36-27-18-14-24(15-19-27)22(2)39)43-29-11-7-10-28(21-29)37-33(41)30(20-23-12-16-26(35)17-13-23)38-32(40)25-8-5-4-6-9-25/h4-21,31H,3H2,1-2H3,(H,36,42)(H,37,41)(H,38,40)/b30-20-. The minimum Gasteiger partial charge on any atom is -0.325 e. The van der Waals surface area contributed by atoms with Gasteiger partial charge in [0.2, 0.25) is 5.91 Å². The highest BCUT2D eigenvalue weighted by molar-refractivity contribution is 8.00. The van der Waals surface area contributed by atoms with Crippen LogP contribution >= 0.6 is 11.8 Å². The van der Waals surface area contributed by atoms with Crippen molar-refractivity contribution in [1.82, 2.24) is 5.32 Å². The number of thioether (sulfide) groups is 1. The Kier molecular flexibility index (Phi) is 10.6. The van der Waals surface area contributed by atoms with E-state index in [1.807, 2.05) is 13.0 Å². The topological polar surface area (TPSA) is 104 Å². The molecule has 0 saturated heterocycles. The molecule has 1 atom stereocenters. The van der Waals surface area contributed by atoms with E-state index in [4.69, 9.17) is 0 Å². The average molecular weight is 596 g/mol. The smallest absolute Gasteiger partial charge is 0.272 e. The van der Waals surface area contributed by atoms with Gasteiger partial charge < -0.3 is 16.0 Å². The van der Waals surface area contributed by atoms with E-state index >= 15 is 0 Å². The van der Waals surface area contributed by atoms with Crippen LogP contribution in [0.15, 0.2) is 114 Å². The van der Waals surface area contributed by atoms with Crippen molar-refractivity contribution in [3.63, 3.8) is 0 Å². The van der Waals surface area contributed by atoms with Crippen LogP contribution in [0.4, 0.5) is 15.8 Å². The Labute approximate surface area is 253 Å². The summed E-state index contributed by atoms with van der Waals surface area (Å²) in [4.78, 5) is 51.5. The molecule has 0 aromatic heterocycles. The number of anilines is 2. The number of amides is 3. The quantitative estimate of drug-likeness (QED) is 0.0989. The molecule has 3 N–H and O–H groups in total. The highest BCUT2D eigenvalue weighted by Gasteiger charge is 2.19. The van der Waals surface area contributed by atoms with Crippen LogP contribution < -0.4 is 16.0 Å². The summed E-state index contributed by atoms with van der Waals surface area (Å²) < 4.78 is 13.4. The highest BCUT2D eigenvalue weighted by atomic mass is 32.2. The maximum absolute atomic E-state index is 13.4. The van der Waals surface area contributed by atoms with Crippen molar-refractivity contribution < 1.29 is 23.6 Å². The van der Waals surface area contributed by atoms with Gasteiger partial charge in [0.25, 0.3) is 11.8 Å². The molecule has 0 spiro atoms. The molecule has 9 heteroatoms. The second-order valence-corrected chi connectivity index (χ2v) is 10.8. The molecule has 7 nitrogen and oxygen atoms in total. The molecule has 0 fully saturated rings. The molecule has 0 aliphatic rings. The maximum atomic E-state index is 13.4. The number of halogens is 1. The van der Waals surface area contributed by atoms with Gasteiger partial charge in [-0.25, -0.2) is 4.39 Å². The lowest BCUT2D eigenvalue weighted by Crippen LogP contribution is -2.30. The van der Waals surface area contributed by atoms with Crippen LogP contribution in [-0.4, -0.2) is 28.8 Å². The Morgan fingerprint density at radius 1 is 0.791 bits per heavy atom. The van der Waals surface area contributed by atoms with E-state index in [-0.39, 0.29) is 17.4 Å². The second kappa shape index (κ2) is 14.7. The minimum atomic E-state index is -0.574. The summed E-state index contributed by atoms with van der Waals surface area (Å²) in [6.45, 7) is 3.39. The summed E-state index contributed by atoms with van der Waals surface area (Å²) in [5, 5.41) is 7.94. The number of Topliss-reactive ketones (excluding diaryl/α,β-unsaturated/α-hetero) is 1. The molecule has 0 radical (unpaired) electrons. The van der Waals surface area contributed by atoms with Gasteiger partial charge in [0.1, 0.15) is 11.5 Å². The Morgan fingerprint density at radius 3 is 2.14 bits per heavy atom. The third-order valence-electron chi connectivity index (χ3n) is 6.30. The number of carbonyl (C=O) groups is 4. The Morgan fingerprint density at radius 2 is 1.49 bits per heavy atom. The first-order valence-corrected chi connectivity index (χ1v) is 14.4. The van der Waals surface area contributed by atoms with Gasteiger partial charge >= 0.3 is 0 Å². The van der Waals surface area contributed by atoms with E-state index in [1.165, 1.54) is 49.0 Å². The SMILES string of the molecule is CCC(Sc1cccc(NC(=O)/C(=C/c2ccc(F)cc2)NC(=O)c2ccccc2)c1)C(=O)Nc1ccc(C(C)=O)cc1. The van der Waals surface area contributed by atoms with Crippen molar-refractivity contribution in [2.45, 2.75) is 30.4 Å². The highest BCUT2D eigenvalue weighted by Crippen LogP contribution is 2.29. The van der Waals surface area contributed by atoms with E-state index in [0.29, 0.717) is 34.5 Å². The Hall–Kier alpha value is -5.02. The molecular formula is C34H30FN3O4S. The molecule has 0 saturated carbocycles. The van der Waals surface area contributed by atoms with Gasteiger partial charge in [0.15, 0.2) is 5.78 Å². The lowest BCUT2D eigenvalue weighted by Gasteiger charge is -2.16. The molecule has 1 unspecified atom stereocenters. The van der Waals surface area contributed by atoms with E-state index < -0.39 is 22.9 Å². The van der Waals surface area contributed by atoms with Gasteiger partial charge in [-0.3, -0.25) is 19.2 Å². The number of rotatable bonds is 11. The predicted octanol–water partition coefficient (Wildman–Crippen LogP) is 6.95. The van der Waals surface area contributed by atoms with Crippen molar-refractivity contribution in [3.8, 4) is 0 Å². The van der Waals surface area contributed by atoms with Gasteiger partial charge in [0.05, 0.1) is 5.25 Å². The van der Waals surface area contributed by atoms with E-state index in [2.05, 4.69) is 16.0 Å². The molecule has 0 aliphatic heterocycles. The summed E-state index contributed by atoms with van der Waals surface area (Å²) >= 11 is 1.35. The number of hydrogen-bond acceptors (Lipinski definition) is 5. The fourth-order valence-electron chi connectivity index (χ4n) is 4.01. The Bertz CT molecular complexity index is 1640. The first-order valence-electron chi connectivity index (χ1n) is 13.6. The fourth-order valence-corrected chi connectivity index (χ4v) is 5.02. The van der Waals surface area contributed by atoms with E-state index in [1.54, 1.807) is 72.8 Å². The summed E-state index contributed by atoms with van der Waals surface area (Å²) in [6.07, 6.45) is 2.02. The van der Waals surface area contributed by atoms with Crippen molar-refractivity contribution >= 4 is 52.7 Å². The van der Waals surface area contributed by atoms with Crippen LogP contribution in [0.2, 0.25) is 0 Å². The number of carbonyl (C=O) groups excluding carboxylic acids is 4. The molecule has 0 heterocycles. The van der Waals surface area contributed by atoms with Crippen LogP contribution in [0.5, 0.6) is 0 Å². The lowest BCUT2D eigenvalue weighted by atomic mass is 10.1. The molecule has 218 valence electrons. The third kappa shape index (κ3) is 8.98. The summed E-state index contributed by atoms with van der Waals surface area (Å²) in [5.74, 6) is -1.71. The van der Waals surface area contributed by atoms with Crippen LogP contribution in [0.1, 0.15) is 46.5 Å². The fraction of sp³-hybridized carbons (Fsp3) is 0.118. The number of ketones is 1. The van der Waals surface area contributed by atoms with Gasteiger partial charge in [-0.15, -0.1) is 11.8 Å². The summed E-state index contributed by atoms with van der Waals surface area (Å²) in [5.41, 5.74) is 2.49. The largest absolute Gasteiger partial charge is 0.325 e. The van der Waals surface area contributed by atoms with Gasteiger partial charge in [-0.2, -0.15) is 0 Å². The number of benzene rings is 4. The van der Waals surface area contributed by atoms with Crippen LogP contribution in [-0.2, 0) is 9.59 Å².